The summed E-state index contributed by atoms with van der Waals surface area (Å²) in [5.74, 6) is -0.318. The average molecular weight is 346 g/mol. The molecule has 1 aliphatic heterocycles. The molecule has 0 bridgehead atoms. The van der Waals surface area contributed by atoms with E-state index in [1.807, 2.05) is 39.8 Å². The summed E-state index contributed by atoms with van der Waals surface area (Å²) in [4.78, 5) is 35.6. The van der Waals surface area contributed by atoms with Crippen LogP contribution in [-0.2, 0) is 9.53 Å². The number of aromatic nitrogens is 1. The van der Waals surface area contributed by atoms with E-state index < -0.39 is 11.5 Å². The molecule has 0 radical (unpaired) electrons. The number of nitrogens with one attached hydrogen (secondary N) is 1. The molecule has 1 N–H and O–H groups in total. The fourth-order valence-corrected chi connectivity index (χ4v) is 2.36. The minimum absolute atomic E-state index is 0.0194. The summed E-state index contributed by atoms with van der Waals surface area (Å²) in [5.41, 5.74) is 0.623. The molecule has 136 valence electrons. The Labute approximate surface area is 148 Å². The molecule has 0 spiro atoms. The highest BCUT2D eigenvalue weighted by Crippen LogP contribution is 2.27. The van der Waals surface area contributed by atoms with Gasteiger partial charge < -0.3 is 15.0 Å². The molecule has 1 unspecified atom stereocenters. The maximum absolute atomic E-state index is 12.5. The molecule has 1 amide bonds. The number of aliphatic imine (C=N–C) groups is 1. The summed E-state index contributed by atoms with van der Waals surface area (Å²) < 4.78 is 5.33. The van der Waals surface area contributed by atoms with Crippen molar-refractivity contribution in [2.45, 2.75) is 33.2 Å². The first-order valence-electron chi connectivity index (χ1n) is 8.35. The van der Waals surface area contributed by atoms with Gasteiger partial charge in [-0.15, -0.1) is 0 Å². The third kappa shape index (κ3) is 4.04. The molecule has 1 atom stereocenters. The lowest BCUT2D eigenvalue weighted by molar-refractivity contribution is -0.124. The zero-order valence-electron chi connectivity index (χ0n) is 15.7. The third-order valence-electron chi connectivity index (χ3n) is 4.40. The summed E-state index contributed by atoms with van der Waals surface area (Å²) in [7, 11) is 3.81. The first kappa shape index (κ1) is 19.1. The van der Waals surface area contributed by atoms with E-state index in [0.717, 1.165) is 5.56 Å². The van der Waals surface area contributed by atoms with E-state index in [-0.39, 0.29) is 18.4 Å². The minimum atomic E-state index is -0.867. The first-order chi connectivity index (χ1) is 11.6. The van der Waals surface area contributed by atoms with Gasteiger partial charge in [0.25, 0.3) is 5.91 Å². The molecule has 1 aromatic rings. The van der Waals surface area contributed by atoms with E-state index in [1.165, 1.54) is 0 Å². The van der Waals surface area contributed by atoms with Gasteiger partial charge in [0.2, 0.25) is 0 Å². The molecular weight excluding hydrogens is 320 g/mol. The second-order valence-electron chi connectivity index (χ2n) is 7.06. The summed E-state index contributed by atoms with van der Waals surface area (Å²) >= 11 is 0. The summed E-state index contributed by atoms with van der Waals surface area (Å²) in [5, 5.41) is 2.76. The van der Waals surface area contributed by atoms with Crippen molar-refractivity contribution in [1.82, 2.24) is 15.2 Å². The van der Waals surface area contributed by atoms with Gasteiger partial charge in [-0.05, 0) is 45.5 Å². The zero-order valence-corrected chi connectivity index (χ0v) is 15.7. The number of esters is 1. The second-order valence-corrected chi connectivity index (χ2v) is 7.06. The molecule has 25 heavy (non-hydrogen) atoms. The highest BCUT2D eigenvalue weighted by Gasteiger charge is 2.43. The van der Waals surface area contributed by atoms with Gasteiger partial charge in [-0.25, -0.2) is 9.79 Å². The van der Waals surface area contributed by atoms with E-state index in [1.54, 1.807) is 19.2 Å². The largest absolute Gasteiger partial charge is 0.461 e. The van der Waals surface area contributed by atoms with Crippen molar-refractivity contribution in [2.75, 3.05) is 27.2 Å². The van der Waals surface area contributed by atoms with Crippen molar-refractivity contribution in [3.05, 3.63) is 29.1 Å². The average Bonchev–Trinajstić information content (AvgIpc) is 2.83. The van der Waals surface area contributed by atoms with Crippen LogP contribution in [0.5, 0.6) is 0 Å². The normalized spacial score (nSPS) is 20.0. The maximum Gasteiger partial charge on any atom is 0.340 e. The van der Waals surface area contributed by atoms with Crippen molar-refractivity contribution in [1.29, 1.82) is 0 Å². The number of amides is 1. The van der Waals surface area contributed by atoms with Crippen LogP contribution in [0.4, 0.5) is 0 Å². The van der Waals surface area contributed by atoms with Gasteiger partial charge in [-0.1, -0.05) is 13.8 Å². The molecule has 2 heterocycles. The fourth-order valence-electron chi connectivity index (χ4n) is 2.36. The van der Waals surface area contributed by atoms with Gasteiger partial charge in [0.15, 0.2) is 5.84 Å². The Bertz CT molecular complexity index is 712. The zero-order chi connectivity index (χ0) is 18.8. The minimum Gasteiger partial charge on any atom is -0.461 e. The predicted molar refractivity (Wildman–Crippen MR) is 95.7 cm³/mol. The van der Waals surface area contributed by atoms with Crippen LogP contribution in [0.3, 0.4) is 0 Å². The molecular formula is C18H26N4O3. The molecule has 0 saturated heterocycles. The van der Waals surface area contributed by atoms with E-state index in [9.17, 15) is 9.59 Å². The van der Waals surface area contributed by atoms with Gasteiger partial charge in [0.05, 0.1) is 5.56 Å². The number of hydrogen-bond donors (Lipinski definition) is 1. The molecule has 1 aliphatic rings. The number of amidine groups is 1. The smallest absolute Gasteiger partial charge is 0.340 e. The van der Waals surface area contributed by atoms with Crippen LogP contribution in [0.25, 0.3) is 0 Å². The molecule has 0 fully saturated rings. The van der Waals surface area contributed by atoms with Crippen LogP contribution in [-0.4, -0.2) is 60.4 Å². The van der Waals surface area contributed by atoms with Crippen molar-refractivity contribution < 1.29 is 14.3 Å². The van der Waals surface area contributed by atoms with Gasteiger partial charge in [-0.3, -0.25) is 9.78 Å². The number of nitrogens with zero attached hydrogens (tertiary/aromatic N) is 3. The molecule has 7 heteroatoms. The Kier molecular flexibility index (Phi) is 5.57. The maximum atomic E-state index is 12.5. The van der Waals surface area contributed by atoms with Crippen LogP contribution in [0.1, 0.15) is 42.4 Å². The van der Waals surface area contributed by atoms with E-state index in [4.69, 9.17) is 4.74 Å². The van der Waals surface area contributed by atoms with E-state index in [0.29, 0.717) is 23.6 Å². The quantitative estimate of drug-likeness (QED) is 0.787. The standard InChI is InChI=1S/C18H26N4O3/c1-11(2)18(4)17(24)20-15(21-18)14-13(9-12(3)10-19-14)16(23)25-8-7-22(5)6/h9-11H,7-8H2,1-6H3,(H,20,21,24). The predicted octanol–water partition coefficient (Wildman–Crippen LogP) is 1.40. The molecule has 2 rings (SSSR count). The van der Waals surface area contributed by atoms with Crippen LogP contribution < -0.4 is 5.32 Å². The number of likely N-dealkylation sites (N-methyl/N-ethyl adjacent to an activating group) is 1. The van der Waals surface area contributed by atoms with Gasteiger partial charge in [-0.2, -0.15) is 0 Å². The monoisotopic (exact) mass is 346 g/mol. The Morgan fingerprint density at radius 1 is 1.40 bits per heavy atom. The number of aryl methyl sites for hydroxylation is 1. The van der Waals surface area contributed by atoms with Gasteiger partial charge in [0, 0.05) is 12.7 Å². The van der Waals surface area contributed by atoms with Crippen LogP contribution in [0.15, 0.2) is 17.3 Å². The van der Waals surface area contributed by atoms with Gasteiger partial charge >= 0.3 is 5.97 Å². The van der Waals surface area contributed by atoms with Crippen LogP contribution in [0.2, 0.25) is 0 Å². The number of carbonyl (C=O) groups is 2. The molecule has 0 aliphatic carbocycles. The van der Waals surface area contributed by atoms with Crippen LogP contribution in [0, 0.1) is 12.8 Å². The van der Waals surface area contributed by atoms with Crippen molar-refractivity contribution in [3.63, 3.8) is 0 Å². The fraction of sp³-hybridized carbons (Fsp3) is 0.556. The Morgan fingerprint density at radius 3 is 2.64 bits per heavy atom. The Morgan fingerprint density at radius 2 is 2.08 bits per heavy atom. The molecule has 0 saturated carbocycles. The highest BCUT2D eigenvalue weighted by atomic mass is 16.5. The lowest BCUT2D eigenvalue weighted by atomic mass is 9.89. The second kappa shape index (κ2) is 7.31. The lowest BCUT2D eigenvalue weighted by Gasteiger charge is -2.21. The number of ether oxygens (including phenoxy) is 1. The number of pyridine rings is 1. The third-order valence-corrected chi connectivity index (χ3v) is 4.40. The Hall–Kier alpha value is -2.28. The van der Waals surface area contributed by atoms with Crippen molar-refractivity contribution in [3.8, 4) is 0 Å². The number of hydrogen-bond acceptors (Lipinski definition) is 6. The topological polar surface area (TPSA) is 83.9 Å². The summed E-state index contributed by atoms with van der Waals surface area (Å²) in [6.07, 6.45) is 1.64. The molecule has 1 aromatic heterocycles. The number of carbonyl (C=O) groups excluding carboxylic acids is 2. The number of rotatable bonds is 6. The van der Waals surface area contributed by atoms with Gasteiger partial charge in [0.1, 0.15) is 17.8 Å². The molecule has 0 aromatic carbocycles. The van der Waals surface area contributed by atoms with E-state index in [2.05, 4.69) is 15.3 Å². The van der Waals surface area contributed by atoms with Crippen LogP contribution >= 0.6 is 0 Å². The summed E-state index contributed by atoms with van der Waals surface area (Å²) in [6.45, 7) is 8.41. The van der Waals surface area contributed by atoms with Crippen molar-refractivity contribution >= 4 is 17.7 Å². The first-order valence-corrected chi connectivity index (χ1v) is 8.35. The van der Waals surface area contributed by atoms with E-state index >= 15 is 0 Å². The summed E-state index contributed by atoms with van der Waals surface area (Å²) in [6, 6.07) is 1.71. The Balaban J connectivity index is 2.34. The SMILES string of the molecule is Cc1cnc(C2=NC(C)(C(C)C)C(=O)N2)c(C(=O)OCCN(C)C)c1. The molecule has 7 nitrogen and oxygen atoms in total. The highest BCUT2D eigenvalue weighted by molar-refractivity contribution is 6.17. The van der Waals surface area contributed by atoms with Crippen molar-refractivity contribution in [2.24, 2.45) is 10.9 Å². The lowest BCUT2D eigenvalue weighted by Crippen LogP contribution is -2.41.